The molecule has 2 heteroatoms. The molecule has 0 saturated carbocycles. The van der Waals surface area contributed by atoms with Gasteiger partial charge in [0, 0.05) is 22.9 Å². The van der Waals surface area contributed by atoms with Crippen LogP contribution < -0.4 is 5.32 Å². The summed E-state index contributed by atoms with van der Waals surface area (Å²) in [5.41, 5.74) is 8.59. The third-order valence-corrected chi connectivity index (χ3v) is 7.95. The molecular formula is C34H29NO. The first-order valence-electron chi connectivity index (χ1n) is 13.0. The minimum absolute atomic E-state index is 0.397. The number of fused-ring (bicyclic) bond motifs is 3. The highest BCUT2D eigenvalue weighted by Crippen LogP contribution is 2.47. The predicted molar refractivity (Wildman–Crippen MR) is 150 cm³/mol. The van der Waals surface area contributed by atoms with Crippen LogP contribution in [-0.4, -0.2) is 12.2 Å². The van der Waals surface area contributed by atoms with E-state index in [0.717, 1.165) is 11.4 Å². The van der Waals surface area contributed by atoms with Gasteiger partial charge in [0.05, 0.1) is 12.2 Å². The molecule has 3 atom stereocenters. The molecule has 176 valence electrons. The van der Waals surface area contributed by atoms with E-state index in [1.807, 2.05) is 0 Å². The van der Waals surface area contributed by atoms with Gasteiger partial charge in [0.25, 0.3) is 0 Å². The summed E-state index contributed by atoms with van der Waals surface area (Å²) in [4.78, 5) is 0. The van der Waals surface area contributed by atoms with Crippen LogP contribution in [-0.2, 0) is 4.74 Å². The molecule has 2 aliphatic rings. The van der Waals surface area contributed by atoms with Gasteiger partial charge in [-0.15, -0.1) is 0 Å². The van der Waals surface area contributed by atoms with Crippen LogP contribution in [0.15, 0.2) is 115 Å². The van der Waals surface area contributed by atoms with E-state index in [2.05, 4.69) is 121 Å². The molecule has 5 aromatic rings. The summed E-state index contributed by atoms with van der Waals surface area (Å²) in [5, 5.41) is 6.33. The first kappa shape index (κ1) is 21.4. The molecule has 5 aromatic carbocycles. The number of anilines is 2. The van der Waals surface area contributed by atoms with E-state index in [1.165, 1.54) is 57.9 Å². The molecule has 0 radical (unpaired) electrons. The van der Waals surface area contributed by atoms with Gasteiger partial charge in [0.1, 0.15) is 0 Å². The molecule has 0 aromatic heterocycles. The average molecular weight is 468 g/mol. The van der Waals surface area contributed by atoms with Crippen molar-refractivity contribution in [2.75, 3.05) is 5.32 Å². The molecule has 7 rings (SSSR count). The van der Waals surface area contributed by atoms with Gasteiger partial charge in [0.15, 0.2) is 0 Å². The van der Waals surface area contributed by atoms with Crippen molar-refractivity contribution in [2.45, 2.75) is 37.4 Å². The predicted octanol–water partition coefficient (Wildman–Crippen LogP) is 8.95. The van der Waals surface area contributed by atoms with Crippen LogP contribution in [0.25, 0.3) is 33.0 Å². The molecule has 0 spiro atoms. The van der Waals surface area contributed by atoms with Crippen molar-refractivity contribution in [1.29, 1.82) is 0 Å². The standard InChI is InChI=1S/C34H29NO/c1-2-8-23(9-3-1)28-10-6-7-13-33(28)35-25-16-14-24(15-17-25)27-19-20-31(30-12-5-4-11-29(27)30)32-22-26-18-21-34(32)36-26/h1-17,19-20,26,32,34-35H,18,21-22H2. The second-order valence-electron chi connectivity index (χ2n) is 10.1. The Morgan fingerprint density at radius 2 is 1.31 bits per heavy atom. The van der Waals surface area contributed by atoms with Crippen molar-refractivity contribution in [3.05, 3.63) is 121 Å². The normalized spacial score (nSPS) is 20.6. The number of rotatable bonds is 5. The Labute approximate surface area is 212 Å². The molecule has 1 N–H and O–H groups in total. The average Bonchev–Trinajstić information content (AvgIpc) is 3.58. The van der Waals surface area contributed by atoms with Gasteiger partial charge in [-0.3, -0.25) is 0 Å². The molecule has 3 unspecified atom stereocenters. The Hall–Kier alpha value is -3.88. The minimum atomic E-state index is 0.397. The van der Waals surface area contributed by atoms with E-state index in [-0.39, 0.29) is 0 Å². The van der Waals surface area contributed by atoms with E-state index >= 15 is 0 Å². The van der Waals surface area contributed by atoms with E-state index in [9.17, 15) is 0 Å². The maximum absolute atomic E-state index is 6.19. The summed E-state index contributed by atoms with van der Waals surface area (Å²) in [7, 11) is 0. The first-order chi connectivity index (χ1) is 17.8. The summed E-state index contributed by atoms with van der Waals surface area (Å²) >= 11 is 0. The SMILES string of the molecule is c1ccc(-c2ccccc2Nc2ccc(-c3ccc(C4CC5CCC4O5)c4ccccc34)cc2)cc1. The van der Waals surface area contributed by atoms with E-state index < -0.39 is 0 Å². The van der Waals surface area contributed by atoms with Gasteiger partial charge in [-0.2, -0.15) is 0 Å². The molecule has 36 heavy (non-hydrogen) atoms. The van der Waals surface area contributed by atoms with Crippen LogP contribution in [0.2, 0.25) is 0 Å². The third-order valence-electron chi connectivity index (χ3n) is 7.95. The summed E-state index contributed by atoms with van der Waals surface area (Å²) in [6, 6.07) is 41.4. The van der Waals surface area contributed by atoms with Crippen LogP contribution in [0, 0.1) is 0 Å². The quantitative estimate of drug-likeness (QED) is 0.278. The van der Waals surface area contributed by atoms with Gasteiger partial charge in [0.2, 0.25) is 0 Å². The number of hydrogen-bond acceptors (Lipinski definition) is 2. The molecule has 0 aliphatic carbocycles. The Bertz CT molecular complexity index is 1520. The van der Waals surface area contributed by atoms with Crippen molar-refractivity contribution in [2.24, 2.45) is 0 Å². The van der Waals surface area contributed by atoms with Crippen LogP contribution in [0.5, 0.6) is 0 Å². The van der Waals surface area contributed by atoms with Crippen LogP contribution in [0.4, 0.5) is 11.4 Å². The molecule has 2 nitrogen and oxygen atoms in total. The number of nitrogens with one attached hydrogen (secondary N) is 1. The van der Waals surface area contributed by atoms with Gasteiger partial charge in [-0.05, 0) is 70.5 Å². The fourth-order valence-electron chi connectivity index (χ4n) is 6.21. The lowest BCUT2D eigenvalue weighted by Gasteiger charge is -2.22. The minimum Gasteiger partial charge on any atom is -0.374 e. The van der Waals surface area contributed by atoms with Crippen molar-refractivity contribution >= 4 is 22.1 Å². The first-order valence-corrected chi connectivity index (χ1v) is 13.0. The molecule has 2 saturated heterocycles. The molecule has 0 amide bonds. The van der Waals surface area contributed by atoms with Crippen LogP contribution in [0.3, 0.4) is 0 Å². The number of benzene rings is 5. The van der Waals surface area contributed by atoms with Crippen LogP contribution in [0.1, 0.15) is 30.7 Å². The Morgan fingerprint density at radius 3 is 2.08 bits per heavy atom. The molecule has 2 bridgehead atoms. The van der Waals surface area contributed by atoms with Crippen molar-refractivity contribution in [1.82, 2.24) is 0 Å². The Balaban J connectivity index is 1.20. The van der Waals surface area contributed by atoms with Gasteiger partial charge < -0.3 is 10.1 Å². The largest absolute Gasteiger partial charge is 0.374 e. The van der Waals surface area contributed by atoms with Crippen molar-refractivity contribution < 1.29 is 4.74 Å². The summed E-state index contributed by atoms with van der Waals surface area (Å²) < 4.78 is 6.19. The highest BCUT2D eigenvalue weighted by Gasteiger charge is 2.41. The lowest BCUT2D eigenvalue weighted by Crippen LogP contribution is -2.14. The third kappa shape index (κ3) is 3.79. The molecular weight excluding hydrogens is 438 g/mol. The highest BCUT2D eigenvalue weighted by molar-refractivity contribution is 5.99. The fourth-order valence-corrected chi connectivity index (χ4v) is 6.21. The smallest absolute Gasteiger partial charge is 0.0649 e. The molecule has 2 fully saturated rings. The highest BCUT2D eigenvalue weighted by atomic mass is 16.5. The Morgan fingerprint density at radius 1 is 0.583 bits per heavy atom. The van der Waals surface area contributed by atoms with E-state index in [4.69, 9.17) is 4.74 Å². The fraction of sp³-hybridized carbons (Fsp3) is 0.176. The van der Waals surface area contributed by atoms with E-state index in [1.54, 1.807) is 0 Å². The monoisotopic (exact) mass is 467 g/mol. The van der Waals surface area contributed by atoms with Crippen molar-refractivity contribution in [3.8, 4) is 22.3 Å². The zero-order valence-electron chi connectivity index (χ0n) is 20.2. The second-order valence-corrected chi connectivity index (χ2v) is 10.1. The number of para-hydroxylation sites is 1. The zero-order chi connectivity index (χ0) is 23.9. The summed E-state index contributed by atoms with van der Waals surface area (Å²) in [6.07, 6.45) is 4.46. The van der Waals surface area contributed by atoms with Gasteiger partial charge >= 0.3 is 0 Å². The van der Waals surface area contributed by atoms with Gasteiger partial charge in [-0.25, -0.2) is 0 Å². The number of hydrogen-bond donors (Lipinski definition) is 1. The van der Waals surface area contributed by atoms with Crippen LogP contribution >= 0.6 is 0 Å². The molecule has 2 aliphatic heterocycles. The maximum Gasteiger partial charge on any atom is 0.0649 e. The van der Waals surface area contributed by atoms with Crippen molar-refractivity contribution in [3.63, 3.8) is 0 Å². The lowest BCUT2D eigenvalue weighted by molar-refractivity contribution is 0.101. The molecule has 2 heterocycles. The van der Waals surface area contributed by atoms with E-state index in [0.29, 0.717) is 18.1 Å². The summed E-state index contributed by atoms with van der Waals surface area (Å²) in [5.74, 6) is 0.527. The summed E-state index contributed by atoms with van der Waals surface area (Å²) in [6.45, 7) is 0. The second kappa shape index (κ2) is 8.96. The topological polar surface area (TPSA) is 21.3 Å². The number of ether oxygens (including phenoxy) is 1. The lowest BCUT2D eigenvalue weighted by atomic mass is 9.81. The Kier molecular flexibility index (Phi) is 5.33. The van der Waals surface area contributed by atoms with Gasteiger partial charge in [-0.1, -0.05) is 97.1 Å². The zero-order valence-corrected chi connectivity index (χ0v) is 20.2. The maximum atomic E-state index is 6.19.